The summed E-state index contributed by atoms with van der Waals surface area (Å²) in [5.41, 5.74) is 1.78. The van der Waals surface area contributed by atoms with Crippen LogP contribution in [0.3, 0.4) is 0 Å². The van der Waals surface area contributed by atoms with Crippen LogP contribution in [0.25, 0.3) is 10.9 Å². The summed E-state index contributed by atoms with van der Waals surface area (Å²) >= 11 is 0. The SMILES string of the molecule is O=C(c1ccc(CS(=O)(=O)c2cccc3cccnc23)cc1)N1CCN(Cc2cccc(F)c2F)CC1. The van der Waals surface area contributed by atoms with Crippen molar-refractivity contribution in [1.29, 1.82) is 0 Å². The van der Waals surface area contributed by atoms with Crippen LogP contribution in [0.4, 0.5) is 8.78 Å². The number of amides is 1. The van der Waals surface area contributed by atoms with Crippen LogP contribution in [-0.4, -0.2) is 55.3 Å². The number of halogens is 2. The fourth-order valence-corrected chi connectivity index (χ4v) is 6.11. The van der Waals surface area contributed by atoms with Gasteiger partial charge in [0.05, 0.1) is 16.2 Å². The highest BCUT2D eigenvalue weighted by atomic mass is 32.2. The van der Waals surface area contributed by atoms with Gasteiger partial charge in [-0.2, -0.15) is 0 Å². The minimum Gasteiger partial charge on any atom is -0.336 e. The molecule has 6 nitrogen and oxygen atoms in total. The van der Waals surface area contributed by atoms with Crippen LogP contribution in [-0.2, 0) is 22.1 Å². The Morgan fingerprint density at radius 1 is 0.865 bits per heavy atom. The first kappa shape index (κ1) is 25.0. The van der Waals surface area contributed by atoms with Crippen molar-refractivity contribution in [2.75, 3.05) is 26.2 Å². The van der Waals surface area contributed by atoms with E-state index in [-0.39, 0.29) is 23.1 Å². The Hall–Kier alpha value is -3.69. The van der Waals surface area contributed by atoms with Crippen LogP contribution in [0.2, 0.25) is 0 Å². The first-order chi connectivity index (χ1) is 17.8. The minimum atomic E-state index is -3.64. The molecule has 1 saturated heterocycles. The fraction of sp³-hybridized carbons (Fsp3) is 0.214. The van der Waals surface area contributed by atoms with Gasteiger partial charge >= 0.3 is 0 Å². The lowest BCUT2D eigenvalue weighted by atomic mass is 10.1. The third-order valence-electron chi connectivity index (χ3n) is 6.57. The molecule has 5 rings (SSSR count). The molecule has 1 aliphatic rings. The number of sulfone groups is 1. The van der Waals surface area contributed by atoms with E-state index in [4.69, 9.17) is 0 Å². The Morgan fingerprint density at radius 3 is 2.32 bits per heavy atom. The molecule has 0 atom stereocenters. The summed E-state index contributed by atoms with van der Waals surface area (Å²) in [5.74, 6) is -2.05. The molecule has 1 fully saturated rings. The number of aromatic nitrogens is 1. The van der Waals surface area contributed by atoms with Gasteiger partial charge in [0.15, 0.2) is 21.5 Å². The number of hydrogen-bond donors (Lipinski definition) is 0. The largest absolute Gasteiger partial charge is 0.336 e. The van der Waals surface area contributed by atoms with Crippen LogP contribution in [0.5, 0.6) is 0 Å². The van der Waals surface area contributed by atoms with Crippen molar-refractivity contribution in [3.8, 4) is 0 Å². The van der Waals surface area contributed by atoms with Crippen LogP contribution >= 0.6 is 0 Å². The van der Waals surface area contributed by atoms with E-state index < -0.39 is 21.5 Å². The zero-order chi connectivity index (χ0) is 26.0. The van der Waals surface area contributed by atoms with Gasteiger partial charge in [-0.05, 0) is 35.9 Å². The molecule has 9 heteroatoms. The summed E-state index contributed by atoms with van der Waals surface area (Å²) in [7, 11) is -3.64. The lowest BCUT2D eigenvalue weighted by Gasteiger charge is -2.34. The van der Waals surface area contributed by atoms with Gasteiger partial charge in [0, 0.05) is 55.4 Å². The molecule has 190 valence electrons. The quantitative estimate of drug-likeness (QED) is 0.375. The van der Waals surface area contributed by atoms with Crippen molar-refractivity contribution >= 4 is 26.6 Å². The van der Waals surface area contributed by atoms with Gasteiger partial charge in [0.1, 0.15) is 0 Å². The Morgan fingerprint density at radius 2 is 1.57 bits per heavy atom. The predicted molar refractivity (Wildman–Crippen MR) is 137 cm³/mol. The van der Waals surface area contributed by atoms with Crippen LogP contribution in [0, 0.1) is 11.6 Å². The standard InChI is InChI=1S/C28H25F2N3O3S/c29-24-7-1-5-23(26(24)30)18-32-14-16-33(17-15-32)28(34)22-11-9-20(10-12-22)19-37(35,36)25-8-2-4-21-6-3-13-31-27(21)25/h1-13H,14-19H2. The number of carbonyl (C=O) groups excluding carboxylic acids is 1. The average Bonchev–Trinajstić information content (AvgIpc) is 2.91. The summed E-state index contributed by atoms with van der Waals surface area (Å²) in [4.78, 5) is 21.1. The van der Waals surface area contributed by atoms with Crippen molar-refractivity contribution in [3.05, 3.63) is 107 Å². The summed E-state index contributed by atoms with van der Waals surface area (Å²) in [6.07, 6.45) is 1.57. The van der Waals surface area contributed by atoms with Crippen molar-refractivity contribution in [3.63, 3.8) is 0 Å². The van der Waals surface area contributed by atoms with Gasteiger partial charge in [-0.15, -0.1) is 0 Å². The molecule has 0 unspecified atom stereocenters. The topological polar surface area (TPSA) is 70.6 Å². The van der Waals surface area contributed by atoms with Crippen molar-refractivity contribution in [2.24, 2.45) is 0 Å². The lowest BCUT2D eigenvalue weighted by molar-refractivity contribution is 0.0627. The van der Waals surface area contributed by atoms with Gasteiger partial charge in [-0.25, -0.2) is 17.2 Å². The fourth-order valence-electron chi connectivity index (χ4n) is 4.57. The highest BCUT2D eigenvalue weighted by molar-refractivity contribution is 7.90. The van der Waals surface area contributed by atoms with E-state index in [1.165, 1.54) is 6.07 Å². The monoisotopic (exact) mass is 521 g/mol. The molecule has 1 aromatic heterocycles. The number of benzene rings is 3. The molecule has 1 amide bonds. The lowest BCUT2D eigenvalue weighted by Crippen LogP contribution is -2.48. The normalized spacial score (nSPS) is 14.7. The van der Waals surface area contributed by atoms with E-state index in [0.29, 0.717) is 48.4 Å². The molecule has 4 aromatic rings. The second-order valence-electron chi connectivity index (χ2n) is 9.07. The molecular weight excluding hydrogens is 496 g/mol. The molecular formula is C28H25F2N3O3S. The van der Waals surface area contributed by atoms with Crippen LogP contribution < -0.4 is 0 Å². The number of para-hydroxylation sites is 1. The Labute approximate surface area is 214 Å². The Kier molecular flexibility index (Phi) is 6.99. The third-order valence-corrected chi connectivity index (χ3v) is 8.29. The highest BCUT2D eigenvalue weighted by Crippen LogP contribution is 2.24. The minimum absolute atomic E-state index is 0.149. The number of carbonyl (C=O) groups is 1. The van der Waals surface area contributed by atoms with Crippen molar-refractivity contribution in [1.82, 2.24) is 14.8 Å². The summed E-state index contributed by atoms with van der Waals surface area (Å²) < 4.78 is 53.7. The van der Waals surface area contributed by atoms with E-state index in [1.54, 1.807) is 59.6 Å². The maximum absolute atomic E-state index is 14.0. The maximum atomic E-state index is 14.0. The van der Waals surface area contributed by atoms with E-state index in [1.807, 2.05) is 17.0 Å². The van der Waals surface area contributed by atoms with Crippen LogP contribution in [0.1, 0.15) is 21.5 Å². The summed E-state index contributed by atoms with van der Waals surface area (Å²) in [5, 5.41) is 0.755. The molecule has 0 saturated carbocycles. The maximum Gasteiger partial charge on any atom is 0.253 e. The number of rotatable bonds is 6. The molecule has 0 aliphatic carbocycles. The number of fused-ring (bicyclic) bond motifs is 1. The average molecular weight is 522 g/mol. The van der Waals surface area contributed by atoms with E-state index in [2.05, 4.69) is 4.98 Å². The van der Waals surface area contributed by atoms with Crippen molar-refractivity contribution < 1.29 is 22.0 Å². The van der Waals surface area contributed by atoms with Crippen molar-refractivity contribution in [2.45, 2.75) is 17.2 Å². The molecule has 2 heterocycles. The van der Waals surface area contributed by atoms with Gasteiger partial charge in [0.2, 0.25) is 0 Å². The number of pyridine rings is 1. The first-order valence-electron chi connectivity index (χ1n) is 11.9. The highest BCUT2D eigenvalue weighted by Gasteiger charge is 2.24. The third kappa shape index (κ3) is 5.38. The molecule has 0 bridgehead atoms. The van der Waals surface area contributed by atoms with E-state index in [9.17, 15) is 22.0 Å². The smallest absolute Gasteiger partial charge is 0.253 e. The van der Waals surface area contributed by atoms with Gasteiger partial charge in [-0.1, -0.05) is 42.5 Å². The first-order valence-corrected chi connectivity index (χ1v) is 13.6. The second-order valence-corrected chi connectivity index (χ2v) is 11.0. The van der Waals surface area contributed by atoms with Gasteiger partial charge in [0.25, 0.3) is 5.91 Å². The summed E-state index contributed by atoms with van der Waals surface area (Å²) in [6, 6.07) is 19.4. The molecule has 37 heavy (non-hydrogen) atoms. The van der Waals surface area contributed by atoms with Gasteiger partial charge in [-0.3, -0.25) is 14.7 Å². The second kappa shape index (κ2) is 10.4. The zero-order valence-corrected chi connectivity index (χ0v) is 20.8. The number of hydrogen-bond acceptors (Lipinski definition) is 5. The Bertz CT molecular complexity index is 1550. The molecule has 1 aliphatic heterocycles. The Balaban J connectivity index is 1.22. The number of piperazine rings is 1. The summed E-state index contributed by atoms with van der Waals surface area (Å²) in [6.45, 7) is 2.27. The van der Waals surface area contributed by atoms with E-state index in [0.717, 1.165) is 11.5 Å². The predicted octanol–water partition coefficient (Wildman–Crippen LogP) is 4.44. The molecule has 0 spiro atoms. The molecule has 0 N–H and O–H groups in total. The van der Waals surface area contributed by atoms with Crippen LogP contribution in [0.15, 0.2) is 83.9 Å². The van der Waals surface area contributed by atoms with Gasteiger partial charge < -0.3 is 4.90 Å². The molecule has 3 aromatic carbocycles. The van der Waals surface area contributed by atoms with E-state index >= 15 is 0 Å². The number of nitrogens with zero attached hydrogens (tertiary/aromatic N) is 3. The molecule has 0 radical (unpaired) electrons. The zero-order valence-electron chi connectivity index (χ0n) is 20.0.